The Hall–Kier alpha value is -0.170. The van der Waals surface area contributed by atoms with E-state index >= 15 is 0 Å². The monoisotopic (exact) mass is 292 g/mol. The Labute approximate surface area is 117 Å². The molecule has 5 nitrogen and oxygen atoms in total. The lowest BCUT2D eigenvalue weighted by Gasteiger charge is -2.38. The van der Waals surface area contributed by atoms with Crippen LogP contribution in [0, 0.1) is 11.8 Å². The Kier molecular flexibility index (Phi) is 5.40. The van der Waals surface area contributed by atoms with E-state index in [0.717, 1.165) is 6.42 Å². The van der Waals surface area contributed by atoms with E-state index in [0.29, 0.717) is 31.5 Å². The van der Waals surface area contributed by atoms with E-state index < -0.39 is 15.8 Å². The lowest BCUT2D eigenvalue weighted by atomic mass is 9.94. The summed E-state index contributed by atoms with van der Waals surface area (Å²) >= 11 is 0. The molecule has 0 bridgehead atoms. The largest absolute Gasteiger partial charge is 0.389 e. The summed E-state index contributed by atoms with van der Waals surface area (Å²) in [5.74, 6) is 0.777. The molecule has 1 saturated heterocycles. The van der Waals surface area contributed by atoms with Crippen molar-refractivity contribution in [3.8, 4) is 0 Å². The Morgan fingerprint density at radius 1 is 1.26 bits per heavy atom. The molecule has 0 aromatic carbocycles. The van der Waals surface area contributed by atoms with Crippen LogP contribution < -0.4 is 0 Å². The van der Waals surface area contributed by atoms with Crippen molar-refractivity contribution in [2.24, 2.45) is 11.8 Å². The highest BCUT2D eigenvalue weighted by Gasteiger charge is 2.35. The smallest absolute Gasteiger partial charge is 0.282 e. The third-order valence-electron chi connectivity index (χ3n) is 3.40. The Bertz CT molecular complexity index is 371. The lowest BCUT2D eigenvalue weighted by Crippen LogP contribution is -2.52. The van der Waals surface area contributed by atoms with Gasteiger partial charge in [-0.25, -0.2) is 0 Å². The maximum atomic E-state index is 12.6. The number of hydrogen-bond donors (Lipinski definition) is 1. The van der Waals surface area contributed by atoms with Gasteiger partial charge < -0.3 is 5.11 Å². The van der Waals surface area contributed by atoms with Crippen molar-refractivity contribution in [3.05, 3.63) is 0 Å². The molecule has 1 heterocycles. The standard InChI is InChI=1S/C13H28N2O3S/c1-6-14(10-13(4,5)16)19(17,18)15-8-11(2)7-12(3)9-15/h11-12,16H,6-10H2,1-5H3/t11-,12-/m0/s1. The SMILES string of the molecule is CCN(CC(C)(C)O)S(=O)(=O)N1C[C@@H](C)C[C@H](C)C1. The molecule has 1 N–H and O–H groups in total. The van der Waals surface area contributed by atoms with Crippen LogP contribution in [0.4, 0.5) is 0 Å². The lowest BCUT2D eigenvalue weighted by molar-refractivity contribution is 0.0575. The van der Waals surface area contributed by atoms with Crippen molar-refractivity contribution in [1.82, 2.24) is 8.61 Å². The van der Waals surface area contributed by atoms with Crippen LogP contribution in [0.15, 0.2) is 0 Å². The van der Waals surface area contributed by atoms with Crippen molar-refractivity contribution in [1.29, 1.82) is 0 Å². The van der Waals surface area contributed by atoms with Crippen LogP contribution in [-0.4, -0.2) is 53.9 Å². The van der Waals surface area contributed by atoms with Gasteiger partial charge in [-0.3, -0.25) is 0 Å². The average molecular weight is 292 g/mol. The van der Waals surface area contributed by atoms with Crippen LogP contribution >= 0.6 is 0 Å². The van der Waals surface area contributed by atoms with Gasteiger partial charge in [0.15, 0.2) is 0 Å². The number of aliphatic hydroxyl groups is 1. The van der Waals surface area contributed by atoms with E-state index in [-0.39, 0.29) is 6.54 Å². The van der Waals surface area contributed by atoms with Gasteiger partial charge in [0.05, 0.1) is 5.60 Å². The van der Waals surface area contributed by atoms with Gasteiger partial charge in [-0.15, -0.1) is 0 Å². The van der Waals surface area contributed by atoms with Gasteiger partial charge in [0.2, 0.25) is 0 Å². The molecule has 0 aliphatic carbocycles. The number of piperidine rings is 1. The molecular weight excluding hydrogens is 264 g/mol. The zero-order valence-electron chi connectivity index (χ0n) is 12.8. The molecule has 0 amide bonds. The first kappa shape index (κ1) is 16.9. The summed E-state index contributed by atoms with van der Waals surface area (Å²) in [4.78, 5) is 0. The number of likely N-dealkylation sites (N-methyl/N-ethyl adjacent to an activating group) is 1. The average Bonchev–Trinajstić information content (AvgIpc) is 2.23. The molecule has 6 heteroatoms. The van der Waals surface area contributed by atoms with Crippen LogP contribution in [0.2, 0.25) is 0 Å². The molecule has 0 radical (unpaired) electrons. The summed E-state index contributed by atoms with van der Waals surface area (Å²) in [6.45, 7) is 10.9. The minimum absolute atomic E-state index is 0.130. The first-order valence-electron chi connectivity index (χ1n) is 7.04. The molecule has 1 rings (SSSR count). The van der Waals surface area contributed by atoms with E-state index in [9.17, 15) is 13.5 Å². The highest BCUT2D eigenvalue weighted by molar-refractivity contribution is 7.86. The molecule has 114 valence electrons. The van der Waals surface area contributed by atoms with Gasteiger partial charge in [0, 0.05) is 26.2 Å². The maximum Gasteiger partial charge on any atom is 0.282 e. The van der Waals surface area contributed by atoms with Gasteiger partial charge >= 0.3 is 0 Å². The van der Waals surface area contributed by atoms with Gasteiger partial charge in [-0.05, 0) is 32.1 Å². The highest BCUT2D eigenvalue weighted by atomic mass is 32.2. The Morgan fingerprint density at radius 2 is 1.74 bits per heavy atom. The van der Waals surface area contributed by atoms with Crippen molar-refractivity contribution in [2.75, 3.05) is 26.2 Å². The van der Waals surface area contributed by atoms with Crippen LogP contribution in [0.1, 0.15) is 41.0 Å². The zero-order valence-corrected chi connectivity index (χ0v) is 13.6. The minimum Gasteiger partial charge on any atom is -0.389 e. The molecule has 1 aliphatic heterocycles. The van der Waals surface area contributed by atoms with Gasteiger partial charge in [0.25, 0.3) is 10.2 Å². The summed E-state index contributed by atoms with van der Waals surface area (Å²) in [7, 11) is -3.47. The fraction of sp³-hybridized carbons (Fsp3) is 1.00. The predicted octanol–water partition coefficient (Wildman–Crippen LogP) is 1.30. The molecule has 1 aliphatic rings. The molecule has 19 heavy (non-hydrogen) atoms. The fourth-order valence-corrected chi connectivity index (χ4v) is 4.76. The molecular formula is C13H28N2O3S. The molecule has 0 spiro atoms. The minimum atomic E-state index is -3.47. The van der Waals surface area contributed by atoms with Crippen molar-refractivity contribution in [2.45, 2.75) is 46.6 Å². The van der Waals surface area contributed by atoms with Gasteiger partial charge in [-0.2, -0.15) is 17.0 Å². The Balaban J connectivity index is 2.88. The van der Waals surface area contributed by atoms with E-state index in [2.05, 4.69) is 13.8 Å². The van der Waals surface area contributed by atoms with Crippen LogP contribution in [0.3, 0.4) is 0 Å². The topological polar surface area (TPSA) is 60.9 Å². The second-order valence-corrected chi connectivity index (χ2v) is 8.44. The summed E-state index contributed by atoms with van der Waals surface area (Å²) in [5.41, 5.74) is -1.02. The third-order valence-corrected chi connectivity index (χ3v) is 5.39. The molecule has 0 aromatic rings. The second kappa shape index (κ2) is 6.08. The molecule has 0 saturated carbocycles. The molecule has 2 atom stereocenters. The summed E-state index contributed by atoms with van der Waals surface area (Å²) < 4.78 is 28.2. The Morgan fingerprint density at radius 3 is 2.11 bits per heavy atom. The third kappa shape index (κ3) is 4.70. The van der Waals surface area contributed by atoms with Crippen molar-refractivity contribution < 1.29 is 13.5 Å². The predicted molar refractivity (Wildman–Crippen MR) is 77.0 cm³/mol. The van der Waals surface area contributed by atoms with Crippen LogP contribution in [0.5, 0.6) is 0 Å². The second-order valence-electron chi connectivity index (χ2n) is 6.51. The summed E-state index contributed by atoms with van der Waals surface area (Å²) in [6, 6.07) is 0. The maximum absolute atomic E-state index is 12.6. The van der Waals surface area contributed by atoms with E-state index in [4.69, 9.17) is 0 Å². The quantitative estimate of drug-likeness (QED) is 0.831. The molecule has 1 fully saturated rings. The van der Waals surface area contributed by atoms with E-state index in [1.807, 2.05) is 0 Å². The first-order valence-corrected chi connectivity index (χ1v) is 8.43. The van der Waals surface area contributed by atoms with Crippen LogP contribution in [-0.2, 0) is 10.2 Å². The van der Waals surface area contributed by atoms with E-state index in [1.165, 1.54) is 4.31 Å². The molecule has 0 aromatic heterocycles. The normalized spacial score (nSPS) is 26.9. The number of hydrogen-bond acceptors (Lipinski definition) is 3. The van der Waals surface area contributed by atoms with Gasteiger partial charge in [0.1, 0.15) is 0 Å². The van der Waals surface area contributed by atoms with Gasteiger partial charge in [-0.1, -0.05) is 20.8 Å². The summed E-state index contributed by atoms with van der Waals surface area (Å²) in [6.07, 6.45) is 1.07. The number of rotatable bonds is 5. The van der Waals surface area contributed by atoms with Crippen molar-refractivity contribution >= 4 is 10.2 Å². The van der Waals surface area contributed by atoms with Crippen LogP contribution in [0.25, 0.3) is 0 Å². The zero-order chi connectivity index (χ0) is 14.8. The highest BCUT2D eigenvalue weighted by Crippen LogP contribution is 2.25. The van der Waals surface area contributed by atoms with Crippen molar-refractivity contribution in [3.63, 3.8) is 0 Å². The number of nitrogens with zero attached hydrogens (tertiary/aromatic N) is 2. The fourth-order valence-electron chi connectivity index (χ4n) is 2.75. The van der Waals surface area contributed by atoms with E-state index in [1.54, 1.807) is 25.1 Å². The first-order chi connectivity index (χ1) is 8.56. The summed E-state index contributed by atoms with van der Waals surface area (Å²) in [5, 5.41) is 9.86. The molecule has 0 unspecified atom stereocenters.